The number of nitrogens with one attached hydrogen (secondary N) is 1. The number of thioether (sulfide) groups is 1. The summed E-state index contributed by atoms with van der Waals surface area (Å²) in [5.41, 5.74) is -1.03. The van der Waals surface area contributed by atoms with E-state index >= 15 is 0 Å². The third-order valence-electron chi connectivity index (χ3n) is 2.87. The van der Waals surface area contributed by atoms with Gasteiger partial charge in [-0.1, -0.05) is 6.92 Å². The molecule has 0 aliphatic rings. The summed E-state index contributed by atoms with van der Waals surface area (Å²) in [6.07, 6.45) is -3.04. The zero-order chi connectivity index (χ0) is 17.0. The SMILES string of the molecule is CCSc1ncccc1C(=O)Nc1cc(C(F)(F)F)ccc1O. The molecule has 122 valence electrons. The van der Waals surface area contributed by atoms with Gasteiger partial charge in [-0.3, -0.25) is 4.79 Å². The van der Waals surface area contributed by atoms with Gasteiger partial charge in [-0.2, -0.15) is 13.2 Å². The maximum absolute atomic E-state index is 12.7. The molecule has 1 aromatic heterocycles. The number of halogens is 3. The highest BCUT2D eigenvalue weighted by Gasteiger charge is 2.31. The van der Waals surface area contributed by atoms with E-state index in [-0.39, 0.29) is 11.3 Å². The Morgan fingerprint density at radius 1 is 1.35 bits per heavy atom. The highest BCUT2D eigenvalue weighted by atomic mass is 32.2. The number of pyridine rings is 1. The fourth-order valence-corrected chi connectivity index (χ4v) is 2.54. The molecule has 0 bridgehead atoms. The number of nitrogens with zero attached hydrogens (tertiary/aromatic N) is 1. The van der Waals surface area contributed by atoms with Crippen molar-refractivity contribution in [2.24, 2.45) is 0 Å². The fraction of sp³-hybridized carbons (Fsp3) is 0.200. The Kier molecular flexibility index (Phi) is 5.15. The number of carbonyl (C=O) groups excluding carboxylic acids is 1. The number of amides is 1. The number of aromatic hydroxyl groups is 1. The Balaban J connectivity index is 2.31. The molecular weight excluding hydrogens is 329 g/mol. The molecule has 8 heteroatoms. The number of anilines is 1. The van der Waals surface area contributed by atoms with E-state index in [1.54, 1.807) is 6.07 Å². The van der Waals surface area contributed by atoms with Crippen molar-refractivity contribution in [1.82, 2.24) is 4.98 Å². The summed E-state index contributed by atoms with van der Waals surface area (Å²) >= 11 is 1.34. The molecule has 1 heterocycles. The van der Waals surface area contributed by atoms with Crippen molar-refractivity contribution < 1.29 is 23.1 Å². The molecule has 0 aliphatic heterocycles. The van der Waals surface area contributed by atoms with Crippen LogP contribution in [0, 0.1) is 0 Å². The zero-order valence-corrected chi connectivity index (χ0v) is 12.8. The molecule has 0 unspecified atom stereocenters. The summed E-state index contributed by atoms with van der Waals surface area (Å²) in [4.78, 5) is 16.3. The lowest BCUT2D eigenvalue weighted by atomic mass is 10.1. The lowest BCUT2D eigenvalue weighted by Crippen LogP contribution is -2.15. The monoisotopic (exact) mass is 342 g/mol. The normalized spacial score (nSPS) is 11.3. The molecule has 0 aliphatic carbocycles. The summed E-state index contributed by atoms with van der Waals surface area (Å²) in [5.74, 6) is -0.393. The minimum Gasteiger partial charge on any atom is -0.506 e. The van der Waals surface area contributed by atoms with Crippen molar-refractivity contribution in [3.05, 3.63) is 47.7 Å². The van der Waals surface area contributed by atoms with Gasteiger partial charge in [0.2, 0.25) is 0 Å². The summed E-state index contributed by atoms with van der Waals surface area (Å²) in [7, 11) is 0. The van der Waals surface area contributed by atoms with Crippen LogP contribution < -0.4 is 5.32 Å². The second-order valence-corrected chi connectivity index (χ2v) is 5.73. The van der Waals surface area contributed by atoms with Crippen LogP contribution in [0.4, 0.5) is 18.9 Å². The second kappa shape index (κ2) is 6.91. The van der Waals surface area contributed by atoms with E-state index in [0.717, 1.165) is 12.1 Å². The summed E-state index contributed by atoms with van der Waals surface area (Å²) in [6.45, 7) is 1.89. The zero-order valence-electron chi connectivity index (χ0n) is 12.0. The number of hydrogen-bond acceptors (Lipinski definition) is 4. The highest BCUT2D eigenvalue weighted by molar-refractivity contribution is 7.99. The lowest BCUT2D eigenvalue weighted by Gasteiger charge is -2.12. The van der Waals surface area contributed by atoms with Gasteiger partial charge in [0.15, 0.2) is 0 Å². The Labute approximate surface area is 134 Å². The van der Waals surface area contributed by atoms with Crippen LogP contribution >= 0.6 is 11.8 Å². The second-order valence-electron chi connectivity index (χ2n) is 4.47. The standard InChI is InChI=1S/C15H13F3N2O2S/c1-2-23-14-10(4-3-7-19-14)13(22)20-11-8-9(15(16,17)18)5-6-12(11)21/h3-8,21H,2H2,1H3,(H,20,22). The van der Waals surface area contributed by atoms with Gasteiger partial charge in [0.05, 0.1) is 16.8 Å². The Morgan fingerprint density at radius 3 is 2.74 bits per heavy atom. The van der Waals surface area contributed by atoms with Crippen molar-refractivity contribution in [1.29, 1.82) is 0 Å². The molecule has 0 spiro atoms. The average Bonchev–Trinajstić information content (AvgIpc) is 2.49. The largest absolute Gasteiger partial charge is 0.506 e. The first-order valence-corrected chi connectivity index (χ1v) is 7.61. The number of phenols is 1. The maximum Gasteiger partial charge on any atom is 0.416 e. The van der Waals surface area contributed by atoms with Crippen LogP contribution in [-0.4, -0.2) is 21.8 Å². The smallest absolute Gasteiger partial charge is 0.416 e. The van der Waals surface area contributed by atoms with Crippen molar-refractivity contribution in [2.75, 3.05) is 11.1 Å². The Hall–Kier alpha value is -2.22. The van der Waals surface area contributed by atoms with Crippen molar-refractivity contribution >= 4 is 23.4 Å². The van der Waals surface area contributed by atoms with Gasteiger partial charge < -0.3 is 10.4 Å². The summed E-state index contributed by atoms with van der Waals surface area (Å²) in [5, 5.41) is 12.4. The molecule has 2 rings (SSSR count). The van der Waals surface area contributed by atoms with Crippen LogP contribution in [0.1, 0.15) is 22.8 Å². The van der Waals surface area contributed by atoms with Crippen molar-refractivity contribution in [3.8, 4) is 5.75 Å². The number of alkyl halides is 3. The van der Waals surface area contributed by atoms with Gasteiger partial charge in [0, 0.05) is 6.20 Å². The van der Waals surface area contributed by atoms with Crippen LogP contribution in [-0.2, 0) is 6.18 Å². The quantitative estimate of drug-likeness (QED) is 0.647. The first-order valence-electron chi connectivity index (χ1n) is 6.62. The van der Waals surface area contributed by atoms with Crippen LogP contribution in [0.3, 0.4) is 0 Å². The maximum atomic E-state index is 12.7. The number of rotatable bonds is 4. The third-order valence-corrected chi connectivity index (χ3v) is 3.76. The van der Waals surface area contributed by atoms with Gasteiger partial charge in [-0.05, 0) is 36.1 Å². The molecule has 4 nitrogen and oxygen atoms in total. The number of aromatic nitrogens is 1. The number of hydrogen-bond donors (Lipinski definition) is 2. The molecule has 2 N–H and O–H groups in total. The van der Waals surface area contributed by atoms with Crippen LogP contribution in [0.5, 0.6) is 5.75 Å². The lowest BCUT2D eigenvalue weighted by molar-refractivity contribution is -0.137. The Bertz CT molecular complexity index is 720. The molecule has 0 saturated heterocycles. The molecular formula is C15H13F3N2O2S. The van der Waals surface area contributed by atoms with E-state index in [1.165, 1.54) is 24.0 Å². The van der Waals surface area contributed by atoms with Crippen LogP contribution in [0.25, 0.3) is 0 Å². The van der Waals surface area contributed by atoms with Crippen LogP contribution in [0.15, 0.2) is 41.6 Å². The molecule has 0 saturated carbocycles. The minimum absolute atomic E-state index is 0.233. The molecule has 2 aromatic rings. The molecule has 0 atom stereocenters. The molecule has 23 heavy (non-hydrogen) atoms. The van der Waals surface area contributed by atoms with Crippen LogP contribution in [0.2, 0.25) is 0 Å². The van der Waals surface area contributed by atoms with Gasteiger partial charge >= 0.3 is 6.18 Å². The minimum atomic E-state index is -4.56. The van der Waals surface area contributed by atoms with Crippen molar-refractivity contribution in [3.63, 3.8) is 0 Å². The van der Waals surface area contributed by atoms with E-state index in [9.17, 15) is 23.1 Å². The van der Waals surface area contributed by atoms with E-state index in [2.05, 4.69) is 10.3 Å². The van der Waals surface area contributed by atoms with E-state index in [0.29, 0.717) is 16.8 Å². The number of phenolic OH excluding ortho intramolecular Hbond substituents is 1. The topological polar surface area (TPSA) is 62.2 Å². The molecule has 1 amide bonds. The first-order chi connectivity index (χ1) is 10.8. The van der Waals surface area contributed by atoms with Gasteiger partial charge in [0.25, 0.3) is 5.91 Å². The molecule has 0 fully saturated rings. The number of carbonyl (C=O) groups is 1. The fourth-order valence-electron chi connectivity index (χ4n) is 1.82. The predicted octanol–water partition coefficient (Wildman–Crippen LogP) is 4.17. The van der Waals surface area contributed by atoms with Gasteiger partial charge in [-0.25, -0.2) is 4.98 Å². The molecule has 0 radical (unpaired) electrons. The first kappa shape index (κ1) is 17.1. The summed E-state index contributed by atoms with van der Waals surface area (Å²) < 4.78 is 38.2. The Morgan fingerprint density at radius 2 is 2.09 bits per heavy atom. The van der Waals surface area contributed by atoms with Crippen molar-refractivity contribution in [2.45, 2.75) is 18.1 Å². The predicted molar refractivity (Wildman–Crippen MR) is 81.7 cm³/mol. The average molecular weight is 342 g/mol. The van der Waals surface area contributed by atoms with Gasteiger partial charge in [-0.15, -0.1) is 11.8 Å². The van der Waals surface area contributed by atoms with E-state index < -0.39 is 23.4 Å². The summed E-state index contributed by atoms with van der Waals surface area (Å²) in [6, 6.07) is 5.40. The van der Waals surface area contributed by atoms with E-state index in [1.807, 2.05) is 6.92 Å². The highest BCUT2D eigenvalue weighted by Crippen LogP contribution is 2.34. The third kappa shape index (κ3) is 4.16. The van der Waals surface area contributed by atoms with Gasteiger partial charge in [0.1, 0.15) is 10.8 Å². The van der Waals surface area contributed by atoms with E-state index in [4.69, 9.17) is 0 Å². The number of benzene rings is 1. The molecule has 1 aromatic carbocycles.